The number of amides is 1. The molecule has 1 N–H and O–H groups in total. The Morgan fingerprint density at radius 3 is 2.65 bits per heavy atom. The van der Waals surface area contributed by atoms with Crippen LogP contribution in [0.25, 0.3) is 0 Å². The van der Waals surface area contributed by atoms with Crippen LogP contribution in [0, 0.1) is 0 Å². The number of likely N-dealkylation sites (N-methyl/N-ethyl adjacent to an activating group) is 2. The molecule has 5 nitrogen and oxygen atoms in total. The molecule has 96 valence electrons. The molecule has 0 fully saturated rings. The molecule has 0 aliphatic carbocycles. The van der Waals surface area contributed by atoms with Crippen LogP contribution in [0.4, 0.5) is 0 Å². The minimum Gasteiger partial charge on any atom is -0.355 e. The quantitative estimate of drug-likeness (QED) is 0.886. The predicted octanol–water partition coefficient (Wildman–Crippen LogP) is 1.16. The summed E-state index contributed by atoms with van der Waals surface area (Å²) in [6.07, 6.45) is 0. The fraction of sp³-hybridized carbons (Fsp3) is 0.444. The zero-order valence-electron chi connectivity index (χ0n) is 9.44. The van der Waals surface area contributed by atoms with Gasteiger partial charge in [-0.05, 0) is 19.1 Å². The van der Waals surface area contributed by atoms with Gasteiger partial charge in [0, 0.05) is 13.6 Å². The monoisotopic (exact) mass is 296 g/mol. The molecule has 0 saturated heterocycles. The maximum absolute atomic E-state index is 12.0. The van der Waals surface area contributed by atoms with Gasteiger partial charge in [0.15, 0.2) is 0 Å². The van der Waals surface area contributed by atoms with Gasteiger partial charge in [-0.1, -0.05) is 11.6 Å². The van der Waals surface area contributed by atoms with Gasteiger partial charge in [0.05, 0.1) is 10.9 Å². The van der Waals surface area contributed by atoms with Crippen LogP contribution < -0.4 is 5.32 Å². The first-order valence-corrected chi connectivity index (χ1v) is 7.49. The fourth-order valence-corrected chi connectivity index (χ4v) is 3.95. The van der Waals surface area contributed by atoms with Crippen molar-refractivity contribution in [3.8, 4) is 0 Å². The SMILES string of the molecule is CCNC(=O)CN(C)S(=O)(=O)c1ccc(Cl)s1. The Balaban J connectivity index is 2.81. The van der Waals surface area contributed by atoms with E-state index in [1.807, 2.05) is 0 Å². The van der Waals surface area contributed by atoms with Crippen LogP contribution in [0.5, 0.6) is 0 Å². The number of carbonyl (C=O) groups excluding carboxylic acids is 1. The number of hydrogen-bond acceptors (Lipinski definition) is 4. The third-order valence-corrected chi connectivity index (χ3v) is 5.46. The second kappa shape index (κ2) is 5.81. The molecule has 0 saturated carbocycles. The van der Waals surface area contributed by atoms with Gasteiger partial charge < -0.3 is 5.32 Å². The maximum atomic E-state index is 12.0. The molecule has 0 spiro atoms. The largest absolute Gasteiger partial charge is 0.355 e. The second-order valence-electron chi connectivity index (χ2n) is 3.27. The molecule has 1 rings (SSSR count). The average Bonchev–Trinajstić information content (AvgIpc) is 2.65. The van der Waals surface area contributed by atoms with E-state index in [1.54, 1.807) is 6.92 Å². The van der Waals surface area contributed by atoms with E-state index in [2.05, 4.69) is 5.32 Å². The smallest absolute Gasteiger partial charge is 0.252 e. The van der Waals surface area contributed by atoms with Crippen molar-refractivity contribution in [1.29, 1.82) is 0 Å². The molecule has 0 unspecified atom stereocenters. The van der Waals surface area contributed by atoms with Gasteiger partial charge in [-0.25, -0.2) is 8.42 Å². The lowest BCUT2D eigenvalue weighted by Crippen LogP contribution is -2.37. The van der Waals surface area contributed by atoms with Crippen LogP contribution in [-0.4, -0.2) is 38.8 Å². The molecule has 0 aromatic carbocycles. The molecule has 0 bridgehead atoms. The molecule has 8 heteroatoms. The van der Waals surface area contributed by atoms with Crippen molar-refractivity contribution in [3.63, 3.8) is 0 Å². The van der Waals surface area contributed by atoms with Crippen LogP contribution in [0.2, 0.25) is 4.34 Å². The Bertz CT molecular complexity index is 498. The number of thiophene rings is 1. The fourth-order valence-electron chi connectivity index (χ4n) is 1.13. The summed E-state index contributed by atoms with van der Waals surface area (Å²) in [6, 6.07) is 2.94. The molecule has 0 aliphatic heterocycles. The van der Waals surface area contributed by atoms with Gasteiger partial charge >= 0.3 is 0 Å². The maximum Gasteiger partial charge on any atom is 0.252 e. The first kappa shape index (κ1) is 14.4. The molecule has 0 atom stereocenters. The number of halogens is 1. The van der Waals surface area contributed by atoms with E-state index in [-0.39, 0.29) is 16.7 Å². The van der Waals surface area contributed by atoms with Crippen molar-refractivity contribution in [2.24, 2.45) is 0 Å². The van der Waals surface area contributed by atoms with Crippen molar-refractivity contribution in [1.82, 2.24) is 9.62 Å². The molecule has 0 aliphatic rings. The standard InChI is InChI=1S/C9H13ClN2O3S2/c1-3-11-8(13)6-12(2)17(14,15)9-5-4-7(10)16-9/h4-5H,3,6H2,1-2H3,(H,11,13). The lowest BCUT2D eigenvalue weighted by Gasteiger charge is -2.15. The van der Waals surface area contributed by atoms with Crippen molar-refractivity contribution < 1.29 is 13.2 Å². The van der Waals surface area contributed by atoms with Gasteiger partial charge in [-0.3, -0.25) is 4.79 Å². The van der Waals surface area contributed by atoms with Crippen LogP contribution >= 0.6 is 22.9 Å². The third kappa shape index (κ3) is 3.67. The molecular formula is C9H13ClN2O3S2. The Morgan fingerprint density at radius 2 is 2.18 bits per heavy atom. The predicted molar refractivity (Wildman–Crippen MR) is 67.8 cm³/mol. The number of nitrogens with one attached hydrogen (secondary N) is 1. The highest BCUT2D eigenvalue weighted by Crippen LogP contribution is 2.27. The van der Waals surface area contributed by atoms with E-state index in [1.165, 1.54) is 19.2 Å². The summed E-state index contributed by atoms with van der Waals surface area (Å²) in [5, 5.41) is 2.54. The topological polar surface area (TPSA) is 66.5 Å². The van der Waals surface area contributed by atoms with Crippen molar-refractivity contribution in [2.75, 3.05) is 20.1 Å². The minimum atomic E-state index is -3.62. The summed E-state index contributed by atoms with van der Waals surface area (Å²) in [7, 11) is -2.27. The Labute approximate surface area is 109 Å². The molecule has 1 aromatic heterocycles. The molecule has 1 heterocycles. The lowest BCUT2D eigenvalue weighted by molar-refractivity contribution is -0.121. The first-order chi connectivity index (χ1) is 7.87. The summed E-state index contributed by atoms with van der Waals surface area (Å²) in [6.45, 7) is 2.04. The number of hydrogen-bond donors (Lipinski definition) is 1. The van der Waals surface area contributed by atoms with E-state index in [0.717, 1.165) is 15.6 Å². The summed E-state index contributed by atoms with van der Waals surface area (Å²) in [4.78, 5) is 11.3. The highest BCUT2D eigenvalue weighted by atomic mass is 35.5. The van der Waals surface area contributed by atoms with Gasteiger partial charge in [0.2, 0.25) is 5.91 Å². The van der Waals surface area contributed by atoms with Crippen molar-refractivity contribution in [3.05, 3.63) is 16.5 Å². The molecule has 0 radical (unpaired) electrons. The van der Waals surface area contributed by atoms with Crippen LogP contribution in [-0.2, 0) is 14.8 Å². The summed E-state index contributed by atoms with van der Waals surface area (Å²) in [5.41, 5.74) is 0. The molecule has 1 aromatic rings. The Morgan fingerprint density at radius 1 is 1.53 bits per heavy atom. The third-order valence-electron chi connectivity index (χ3n) is 1.95. The van der Waals surface area contributed by atoms with Gasteiger partial charge in [-0.15, -0.1) is 11.3 Å². The van der Waals surface area contributed by atoms with Crippen molar-refractivity contribution in [2.45, 2.75) is 11.1 Å². The van der Waals surface area contributed by atoms with Gasteiger partial charge in [-0.2, -0.15) is 4.31 Å². The van der Waals surface area contributed by atoms with Crippen LogP contribution in [0.15, 0.2) is 16.3 Å². The van der Waals surface area contributed by atoms with E-state index in [0.29, 0.717) is 10.9 Å². The average molecular weight is 297 g/mol. The lowest BCUT2D eigenvalue weighted by atomic mass is 10.5. The summed E-state index contributed by atoms with van der Waals surface area (Å²) < 4.78 is 25.5. The number of carbonyl (C=O) groups is 1. The zero-order valence-corrected chi connectivity index (χ0v) is 11.8. The highest BCUT2D eigenvalue weighted by molar-refractivity contribution is 7.91. The van der Waals surface area contributed by atoms with E-state index >= 15 is 0 Å². The normalized spacial score (nSPS) is 11.8. The van der Waals surface area contributed by atoms with E-state index < -0.39 is 10.0 Å². The van der Waals surface area contributed by atoms with Gasteiger partial charge in [0.1, 0.15) is 4.21 Å². The summed E-state index contributed by atoms with van der Waals surface area (Å²) in [5.74, 6) is -0.332. The number of rotatable bonds is 5. The highest BCUT2D eigenvalue weighted by Gasteiger charge is 2.24. The van der Waals surface area contributed by atoms with E-state index in [9.17, 15) is 13.2 Å². The van der Waals surface area contributed by atoms with Crippen LogP contribution in [0.1, 0.15) is 6.92 Å². The molecule has 17 heavy (non-hydrogen) atoms. The second-order valence-corrected chi connectivity index (χ2v) is 7.26. The van der Waals surface area contributed by atoms with Crippen molar-refractivity contribution >= 4 is 38.9 Å². The molecular weight excluding hydrogens is 284 g/mol. The Hall–Kier alpha value is -0.630. The molecule has 1 amide bonds. The minimum absolute atomic E-state index is 0.134. The van der Waals surface area contributed by atoms with Gasteiger partial charge in [0.25, 0.3) is 10.0 Å². The Kier molecular flexibility index (Phi) is 4.93. The summed E-state index contributed by atoms with van der Waals surface area (Å²) >= 11 is 6.65. The zero-order chi connectivity index (χ0) is 13.1. The number of nitrogens with zero attached hydrogens (tertiary/aromatic N) is 1. The van der Waals surface area contributed by atoms with Crippen LogP contribution in [0.3, 0.4) is 0 Å². The first-order valence-electron chi connectivity index (χ1n) is 4.86. The van der Waals surface area contributed by atoms with E-state index in [4.69, 9.17) is 11.6 Å². The number of sulfonamides is 1.